The van der Waals surface area contributed by atoms with Crippen molar-refractivity contribution in [2.75, 3.05) is 48.6 Å². The fraction of sp³-hybridized carbons (Fsp3) is 0.457. The summed E-state index contributed by atoms with van der Waals surface area (Å²) in [5, 5.41) is 3.31. The summed E-state index contributed by atoms with van der Waals surface area (Å²) >= 11 is 0. The van der Waals surface area contributed by atoms with Crippen LogP contribution in [0, 0.1) is 0 Å². The van der Waals surface area contributed by atoms with E-state index in [1.54, 1.807) is 35.5 Å². The van der Waals surface area contributed by atoms with Gasteiger partial charge in [0.2, 0.25) is 5.91 Å². The van der Waals surface area contributed by atoms with E-state index >= 15 is 0 Å². The van der Waals surface area contributed by atoms with Crippen LogP contribution in [0.2, 0.25) is 0 Å². The summed E-state index contributed by atoms with van der Waals surface area (Å²) in [6.07, 6.45) is 3.18. The Bertz CT molecular complexity index is 1490. The van der Waals surface area contributed by atoms with E-state index < -0.39 is 0 Å². The fourth-order valence-corrected chi connectivity index (χ4v) is 6.43. The molecule has 2 atom stereocenters. The Balaban J connectivity index is 1.43. The zero-order chi connectivity index (χ0) is 31.4. The zero-order valence-electron chi connectivity index (χ0n) is 26.8. The highest BCUT2D eigenvalue weighted by molar-refractivity contribution is 5.79. The number of methoxy groups -OCH3 is 5. The number of carbonyl (C=O) groups excluding carboxylic acids is 1. The maximum absolute atomic E-state index is 13.7. The summed E-state index contributed by atoms with van der Waals surface area (Å²) in [6.45, 7) is 5.01. The second kappa shape index (κ2) is 13.7. The normalized spacial score (nSPS) is 17.5. The van der Waals surface area contributed by atoms with Crippen LogP contribution in [0.15, 0.2) is 42.5 Å². The second-order valence-corrected chi connectivity index (χ2v) is 11.6. The molecule has 3 aromatic rings. The SMILES string of the molecule is COc1ccc(CC2c3cc(OC(C)C)c(OC)cc3CCN2CC(=O)NC2CCc3cc(OC)c(OC)cc32)cc1OC. The molecule has 5 rings (SSSR count). The Morgan fingerprint density at radius 1 is 0.773 bits per heavy atom. The molecule has 236 valence electrons. The molecule has 0 radical (unpaired) electrons. The third-order valence-corrected chi connectivity index (χ3v) is 8.54. The second-order valence-electron chi connectivity index (χ2n) is 11.6. The molecular formula is C35H44N2O7. The van der Waals surface area contributed by atoms with Crippen molar-refractivity contribution in [3.63, 3.8) is 0 Å². The lowest BCUT2D eigenvalue weighted by atomic mass is 9.88. The average molecular weight is 605 g/mol. The van der Waals surface area contributed by atoms with Gasteiger partial charge in [-0.3, -0.25) is 9.69 Å². The summed E-state index contributed by atoms with van der Waals surface area (Å²) in [7, 11) is 8.22. The number of rotatable bonds is 12. The van der Waals surface area contributed by atoms with Crippen molar-refractivity contribution in [1.82, 2.24) is 10.2 Å². The lowest BCUT2D eigenvalue weighted by molar-refractivity contribution is -0.123. The van der Waals surface area contributed by atoms with Crippen LogP contribution in [0.1, 0.15) is 60.2 Å². The molecule has 0 bridgehead atoms. The first kappa shape index (κ1) is 31.3. The first-order valence-electron chi connectivity index (χ1n) is 15.1. The van der Waals surface area contributed by atoms with Gasteiger partial charge in [0.05, 0.1) is 54.2 Å². The van der Waals surface area contributed by atoms with Crippen molar-refractivity contribution >= 4 is 5.91 Å². The number of ether oxygens (including phenoxy) is 6. The summed E-state index contributed by atoms with van der Waals surface area (Å²) in [6, 6.07) is 14.0. The van der Waals surface area contributed by atoms with Gasteiger partial charge in [0, 0.05) is 12.6 Å². The molecule has 1 heterocycles. The third-order valence-electron chi connectivity index (χ3n) is 8.54. The number of hydrogen-bond donors (Lipinski definition) is 1. The van der Waals surface area contributed by atoms with E-state index in [0.29, 0.717) is 35.2 Å². The molecule has 9 heteroatoms. The number of carbonyl (C=O) groups is 1. The number of benzene rings is 3. The molecule has 0 spiro atoms. The lowest BCUT2D eigenvalue weighted by Crippen LogP contribution is -2.44. The van der Waals surface area contributed by atoms with E-state index in [4.69, 9.17) is 28.4 Å². The monoisotopic (exact) mass is 604 g/mol. The van der Waals surface area contributed by atoms with Crippen LogP contribution in [0.5, 0.6) is 34.5 Å². The van der Waals surface area contributed by atoms with E-state index in [1.807, 2.05) is 38.1 Å². The van der Waals surface area contributed by atoms with Crippen LogP contribution in [0.25, 0.3) is 0 Å². The molecule has 3 aromatic carbocycles. The molecule has 1 aliphatic carbocycles. The quantitative estimate of drug-likeness (QED) is 0.292. The minimum atomic E-state index is -0.0750. The van der Waals surface area contributed by atoms with E-state index in [1.165, 1.54) is 11.1 Å². The number of aryl methyl sites for hydroxylation is 1. The highest BCUT2D eigenvalue weighted by Crippen LogP contribution is 2.42. The maximum atomic E-state index is 13.7. The molecule has 1 aliphatic heterocycles. The van der Waals surface area contributed by atoms with Gasteiger partial charge in [-0.1, -0.05) is 6.07 Å². The number of nitrogens with one attached hydrogen (secondary N) is 1. The molecule has 9 nitrogen and oxygen atoms in total. The van der Waals surface area contributed by atoms with Crippen LogP contribution in [0.4, 0.5) is 0 Å². The maximum Gasteiger partial charge on any atom is 0.234 e. The van der Waals surface area contributed by atoms with Crippen molar-refractivity contribution < 1.29 is 33.2 Å². The molecule has 2 aliphatic rings. The van der Waals surface area contributed by atoms with Crippen LogP contribution in [-0.4, -0.2) is 65.5 Å². The van der Waals surface area contributed by atoms with Gasteiger partial charge in [0.15, 0.2) is 34.5 Å². The van der Waals surface area contributed by atoms with E-state index in [-0.39, 0.29) is 30.6 Å². The van der Waals surface area contributed by atoms with E-state index in [9.17, 15) is 4.79 Å². The number of fused-ring (bicyclic) bond motifs is 2. The summed E-state index contributed by atoms with van der Waals surface area (Å²) in [4.78, 5) is 15.9. The zero-order valence-corrected chi connectivity index (χ0v) is 26.8. The van der Waals surface area contributed by atoms with Crippen molar-refractivity contribution in [2.24, 2.45) is 0 Å². The fourth-order valence-electron chi connectivity index (χ4n) is 6.43. The van der Waals surface area contributed by atoms with Crippen LogP contribution in [0.3, 0.4) is 0 Å². The first-order valence-corrected chi connectivity index (χ1v) is 15.1. The Morgan fingerprint density at radius 2 is 1.36 bits per heavy atom. The Kier molecular flexibility index (Phi) is 9.74. The molecule has 44 heavy (non-hydrogen) atoms. The summed E-state index contributed by atoms with van der Waals surface area (Å²) < 4.78 is 34.0. The van der Waals surface area contributed by atoms with Crippen molar-refractivity contribution in [3.8, 4) is 34.5 Å². The van der Waals surface area contributed by atoms with Gasteiger partial charge >= 0.3 is 0 Å². The van der Waals surface area contributed by atoms with E-state index in [2.05, 4.69) is 28.4 Å². The Morgan fingerprint density at radius 3 is 2.02 bits per heavy atom. The van der Waals surface area contributed by atoms with Gasteiger partial charge in [0.1, 0.15) is 0 Å². The predicted molar refractivity (Wildman–Crippen MR) is 169 cm³/mol. The van der Waals surface area contributed by atoms with Crippen LogP contribution in [-0.2, 0) is 24.1 Å². The number of hydrogen-bond acceptors (Lipinski definition) is 8. The number of nitrogens with zero attached hydrogens (tertiary/aromatic N) is 1. The Hall–Kier alpha value is -4.11. The topological polar surface area (TPSA) is 87.7 Å². The highest BCUT2D eigenvalue weighted by atomic mass is 16.5. The Labute approximate surface area is 260 Å². The lowest BCUT2D eigenvalue weighted by Gasteiger charge is -2.38. The van der Waals surface area contributed by atoms with Gasteiger partial charge in [-0.15, -0.1) is 0 Å². The molecule has 0 fully saturated rings. The molecular weight excluding hydrogens is 560 g/mol. The molecule has 0 aromatic heterocycles. The van der Waals surface area contributed by atoms with Gasteiger partial charge in [-0.25, -0.2) is 0 Å². The van der Waals surface area contributed by atoms with Gasteiger partial charge in [0.25, 0.3) is 0 Å². The van der Waals surface area contributed by atoms with Crippen LogP contribution >= 0.6 is 0 Å². The van der Waals surface area contributed by atoms with Gasteiger partial charge in [-0.2, -0.15) is 0 Å². The summed E-state index contributed by atoms with van der Waals surface area (Å²) in [5.41, 5.74) is 5.69. The molecule has 1 amide bonds. The first-order chi connectivity index (χ1) is 21.3. The molecule has 0 saturated carbocycles. The van der Waals surface area contributed by atoms with Crippen molar-refractivity contribution in [2.45, 2.75) is 57.7 Å². The number of amides is 1. The smallest absolute Gasteiger partial charge is 0.234 e. The minimum Gasteiger partial charge on any atom is -0.493 e. The summed E-state index contributed by atoms with van der Waals surface area (Å²) in [5.74, 6) is 4.16. The van der Waals surface area contributed by atoms with Crippen molar-refractivity contribution in [3.05, 3.63) is 70.3 Å². The van der Waals surface area contributed by atoms with Crippen LogP contribution < -0.4 is 33.7 Å². The molecule has 1 N–H and O–H groups in total. The predicted octanol–water partition coefficient (Wildman–Crippen LogP) is 5.46. The minimum absolute atomic E-state index is 0.00874. The molecule has 2 unspecified atom stereocenters. The third kappa shape index (κ3) is 6.53. The van der Waals surface area contributed by atoms with Gasteiger partial charge < -0.3 is 33.7 Å². The van der Waals surface area contributed by atoms with Crippen molar-refractivity contribution in [1.29, 1.82) is 0 Å². The van der Waals surface area contributed by atoms with E-state index in [0.717, 1.165) is 48.2 Å². The van der Waals surface area contributed by atoms with Gasteiger partial charge in [-0.05, 0) is 104 Å². The largest absolute Gasteiger partial charge is 0.493 e. The highest BCUT2D eigenvalue weighted by Gasteiger charge is 2.33. The standard InChI is InChI=1S/C35H44N2O7/c1-21(2)44-34-19-26-24(17-32(34)42-6)12-13-37(28(26)14-22-8-11-29(39-3)30(15-22)40-4)20-35(38)36-27-10-9-23-16-31(41-5)33(43-7)18-25(23)27/h8,11,15-19,21,27-28H,9-10,12-14,20H2,1-7H3,(H,36,38). The molecule has 0 saturated heterocycles. The average Bonchev–Trinajstić information content (AvgIpc) is 3.41.